The van der Waals surface area contributed by atoms with Gasteiger partial charge in [0.25, 0.3) is 0 Å². The number of allylic oxidation sites excluding steroid dienone is 8. The molecule has 0 N–H and O–H groups in total. The Morgan fingerprint density at radius 3 is 1.75 bits per heavy atom. The summed E-state index contributed by atoms with van der Waals surface area (Å²) >= 11 is -5.29. The second-order valence-corrected chi connectivity index (χ2v) is 30.5. The number of benzene rings is 4. The summed E-state index contributed by atoms with van der Waals surface area (Å²) in [5, 5.41) is 0. The molecule has 8 rings (SSSR count). The standard InChI is InChI=1S/C27H29.C7H9.2C6H4F.CH2.2ClH.Zr/c1-16-7-9-26(3,4)24-12-18-11-19-13-25-21(17(2)8-10-27(25,5)6)15-23(19)22(18)14-20(16)24;1-6-3-4-7(2)5-6;2*7-6-4-2-1-3-5-6;;;;/h7-9,12-15H,10-11H2,1-6H3;3,5,7H,1-2H3;2*1-2,4-5H;1H2;2*1H;. The molecule has 0 nitrogen and oxygen atoms in total. The van der Waals surface area contributed by atoms with Crippen LogP contribution in [0.1, 0.15) is 95.2 Å². The molecule has 0 saturated heterocycles. The molecular weight excluding hydrogens is 765 g/mol. The molecule has 2 atom stereocenters. The van der Waals surface area contributed by atoms with Crippen LogP contribution in [0.5, 0.6) is 0 Å². The molecule has 0 heterocycles. The molecule has 4 aromatic carbocycles. The van der Waals surface area contributed by atoms with Gasteiger partial charge in [-0.25, -0.2) is 0 Å². The van der Waals surface area contributed by atoms with E-state index in [1.807, 2.05) is 12.1 Å². The maximum absolute atomic E-state index is 15.5. The van der Waals surface area contributed by atoms with Crippen LogP contribution in [-0.2, 0) is 35.5 Å². The van der Waals surface area contributed by atoms with E-state index in [4.69, 9.17) is 4.21 Å². The second-order valence-electron chi connectivity index (χ2n) is 17.2. The van der Waals surface area contributed by atoms with Crippen LogP contribution in [0.15, 0.2) is 106 Å². The van der Waals surface area contributed by atoms with Crippen molar-refractivity contribution in [1.29, 1.82) is 0 Å². The molecule has 0 aliphatic heterocycles. The Balaban J connectivity index is 0.00000232. The van der Waals surface area contributed by atoms with Crippen molar-refractivity contribution in [3.8, 4) is 11.1 Å². The summed E-state index contributed by atoms with van der Waals surface area (Å²) < 4.78 is 39.6. The summed E-state index contributed by atoms with van der Waals surface area (Å²) in [6.07, 6.45) is 11.4. The number of rotatable bonds is 4. The fraction of sp³-hybridized carbons (Fsp3) is 0.298. The van der Waals surface area contributed by atoms with Crippen LogP contribution in [0.25, 0.3) is 22.3 Å². The first-order chi connectivity index (χ1) is 23.5. The number of halogens is 4. The monoisotopic (exact) mass is 812 g/mol. The van der Waals surface area contributed by atoms with Crippen molar-refractivity contribution in [3.63, 3.8) is 0 Å². The average molecular weight is 815 g/mol. The topological polar surface area (TPSA) is 0 Å². The van der Waals surface area contributed by atoms with Crippen LogP contribution < -0.4 is 6.54 Å². The normalized spacial score (nSPS) is 20.8. The van der Waals surface area contributed by atoms with Gasteiger partial charge >= 0.3 is 300 Å². The molecule has 4 aliphatic rings. The molecule has 0 radical (unpaired) electrons. The molecule has 4 aliphatic carbocycles. The summed E-state index contributed by atoms with van der Waals surface area (Å²) in [7, 11) is 0. The Kier molecular flexibility index (Phi) is 9.55. The Hall–Kier alpha value is -2.97. The molecule has 270 valence electrons. The zero-order valence-corrected chi connectivity index (χ0v) is 35.7. The molecule has 2 unspecified atom stereocenters. The summed E-state index contributed by atoms with van der Waals surface area (Å²) in [4.78, 5) is 0. The first-order valence-electron chi connectivity index (χ1n) is 18.2. The van der Waals surface area contributed by atoms with E-state index in [9.17, 15) is 0 Å². The van der Waals surface area contributed by atoms with Gasteiger partial charge < -0.3 is 0 Å². The van der Waals surface area contributed by atoms with Crippen molar-refractivity contribution in [3.05, 3.63) is 151 Å². The number of hydrogen-bond donors (Lipinski definition) is 0. The van der Waals surface area contributed by atoms with Crippen molar-refractivity contribution in [2.24, 2.45) is 5.92 Å². The van der Waals surface area contributed by atoms with Crippen LogP contribution in [0.4, 0.5) is 8.78 Å². The maximum atomic E-state index is 15.5. The van der Waals surface area contributed by atoms with Gasteiger partial charge in [-0.2, -0.15) is 0 Å². The summed E-state index contributed by atoms with van der Waals surface area (Å²) in [6, 6.07) is 24.2. The zero-order valence-electron chi connectivity index (χ0n) is 31.6. The van der Waals surface area contributed by atoms with Crippen molar-refractivity contribution in [2.45, 2.75) is 82.7 Å². The van der Waals surface area contributed by atoms with E-state index in [1.165, 1.54) is 76.6 Å². The zero-order chi connectivity index (χ0) is 35.6. The van der Waals surface area contributed by atoms with E-state index in [0.29, 0.717) is 0 Å². The Morgan fingerprint density at radius 2 is 1.23 bits per heavy atom. The van der Waals surface area contributed by atoms with E-state index in [0.717, 1.165) is 19.4 Å². The van der Waals surface area contributed by atoms with Crippen molar-refractivity contribution in [1.82, 2.24) is 0 Å². The fourth-order valence-electron chi connectivity index (χ4n) is 10.7. The van der Waals surface area contributed by atoms with Gasteiger partial charge in [0.2, 0.25) is 0 Å². The molecule has 5 heteroatoms. The van der Waals surface area contributed by atoms with E-state index in [2.05, 4.69) is 116 Å². The van der Waals surface area contributed by atoms with Crippen LogP contribution in [-0.4, -0.2) is 4.21 Å². The number of hydrogen-bond acceptors (Lipinski definition) is 0. The molecule has 4 aromatic rings. The summed E-state index contributed by atoms with van der Waals surface area (Å²) in [6.45, 7) is 18.3. The van der Waals surface area contributed by atoms with Gasteiger partial charge in [-0.15, -0.1) is 24.8 Å². The third-order valence-corrected chi connectivity index (χ3v) is 31.5. The predicted octanol–water partition coefficient (Wildman–Crippen LogP) is 12.2. The Labute approximate surface area is 322 Å². The van der Waals surface area contributed by atoms with E-state index < -0.39 is 23.7 Å². The fourth-order valence-corrected chi connectivity index (χ4v) is 30.4. The molecule has 0 amide bonds. The van der Waals surface area contributed by atoms with Crippen molar-refractivity contribution >= 4 is 46.7 Å². The molecule has 0 bridgehead atoms. The second kappa shape index (κ2) is 12.8. The predicted molar refractivity (Wildman–Crippen MR) is 221 cm³/mol. The molecular formula is C47H50Cl2F2Zr. The number of fused-ring (bicyclic) bond motifs is 5. The van der Waals surface area contributed by atoms with Crippen molar-refractivity contribution < 1.29 is 27.1 Å². The van der Waals surface area contributed by atoms with Crippen LogP contribution in [0, 0.1) is 17.6 Å². The van der Waals surface area contributed by atoms with Gasteiger partial charge in [-0.05, 0) is 0 Å². The Morgan fingerprint density at radius 1 is 0.692 bits per heavy atom. The van der Waals surface area contributed by atoms with Crippen LogP contribution in [0.3, 0.4) is 0 Å². The van der Waals surface area contributed by atoms with Gasteiger partial charge in [0.05, 0.1) is 0 Å². The third kappa shape index (κ3) is 5.31. The van der Waals surface area contributed by atoms with Gasteiger partial charge in [0.1, 0.15) is 0 Å². The van der Waals surface area contributed by atoms with E-state index >= 15 is 8.78 Å². The molecule has 52 heavy (non-hydrogen) atoms. The molecule has 0 fully saturated rings. The quantitative estimate of drug-likeness (QED) is 0.170. The van der Waals surface area contributed by atoms with Gasteiger partial charge in [-0.3, -0.25) is 0 Å². The minimum absolute atomic E-state index is 0. The van der Waals surface area contributed by atoms with E-state index in [-0.39, 0.29) is 51.4 Å². The molecule has 0 aromatic heterocycles. The van der Waals surface area contributed by atoms with Crippen LogP contribution >= 0.6 is 24.8 Å². The Bertz CT molecular complexity index is 2320. The molecule has 0 spiro atoms. The average Bonchev–Trinajstić information content (AvgIpc) is 3.61. The summed E-state index contributed by atoms with van der Waals surface area (Å²) in [5.74, 6) is -0.460. The van der Waals surface area contributed by atoms with Gasteiger partial charge in [0, 0.05) is 0 Å². The summed E-state index contributed by atoms with van der Waals surface area (Å²) in [5.41, 5.74) is 14.4. The van der Waals surface area contributed by atoms with Crippen LogP contribution in [0.2, 0.25) is 3.63 Å². The van der Waals surface area contributed by atoms with Gasteiger partial charge in [-0.1, -0.05) is 0 Å². The SMILES string of the molecule is Cl.Cl.[CH2]=[Zr]([C]1=CC(C)=CC1C)([c]1cccc(F)c1)([c]1cccc(F)c1)[CH]1C=C(C)c2cc3c(cc2C1(C)C)Cc1cc2c(cc1-3)C(C)=CCC2(C)C. The van der Waals surface area contributed by atoms with Crippen molar-refractivity contribution in [2.75, 3.05) is 0 Å². The third-order valence-electron chi connectivity index (χ3n) is 13.2. The van der Waals surface area contributed by atoms with E-state index in [1.54, 1.807) is 12.1 Å². The molecule has 0 saturated carbocycles. The minimum atomic E-state index is -5.29. The first-order valence-corrected chi connectivity index (χ1v) is 25.1. The first kappa shape index (κ1) is 38.7. The van der Waals surface area contributed by atoms with Gasteiger partial charge in [0.15, 0.2) is 0 Å².